The molecule has 0 bridgehead atoms. The van der Waals surface area contributed by atoms with Gasteiger partial charge >= 0.3 is 0 Å². The van der Waals surface area contributed by atoms with Crippen molar-refractivity contribution in [2.45, 2.75) is 45.8 Å². The van der Waals surface area contributed by atoms with Crippen molar-refractivity contribution in [3.63, 3.8) is 0 Å². The summed E-state index contributed by atoms with van der Waals surface area (Å²) in [4.78, 5) is 4.47. The van der Waals surface area contributed by atoms with Gasteiger partial charge in [0, 0.05) is 5.75 Å². The highest BCUT2D eigenvalue weighted by Gasteiger charge is 2.16. The number of benzene rings is 2. The monoisotopic (exact) mass is 356 g/mol. The predicted molar refractivity (Wildman–Crippen MR) is 110 cm³/mol. The lowest BCUT2D eigenvalue weighted by Gasteiger charge is -2.22. The van der Waals surface area contributed by atoms with Crippen LogP contribution in [0, 0.1) is 13.8 Å². The Morgan fingerprint density at radius 1 is 1.08 bits per heavy atom. The Morgan fingerprint density at radius 2 is 1.64 bits per heavy atom. The summed E-state index contributed by atoms with van der Waals surface area (Å²) in [6, 6.07) is 12.2. The van der Waals surface area contributed by atoms with Crippen LogP contribution in [0.5, 0.6) is 5.75 Å². The quantitative estimate of drug-likeness (QED) is 0.582. The zero-order chi connectivity index (χ0) is 18.6. The van der Waals surface area contributed by atoms with E-state index in [0.717, 1.165) is 17.2 Å². The minimum absolute atomic E-state index is 0.163. The molecule has 0 aliphatic rings. The van der Waals surface area contributed by atoms with Gasteiger partial charge in [0.25, 0.3) is 0 Å². The first-order valence-corrected chi connectivity index (χ1v) is 9.41. The predicted octanol–water partition coefficient (Wildman–Crippen LogP) is 5.49. The van der Waals surface area contributed by atoms with Gasteiger partial charge in [0.1, 0.15) is 5.75 Å². The van der Waals surface area contributed by atoms with Crippen LogP contribution in [-0.2, 0) is 11.2 Å². The molecule has 134 valence electrons. The van der Waals surface area contributed by atoms with Gasteiger partial charge in [-0.1, -0.05) is 44.7 Å². The van der Waals surface area contributed by atoms with Crippen molar-refractivity contribution in [3.05, 3.63) is 58.7 Å². The van der Waals surface area contributed by atoms with Crippen LogP contribution < -0.4 is 10.5 Å². The van der Waals surface area contributed by atoms with Crippen molar-refractivity contribution < 1.29 is 4.74 Å². The maximum absolute atomic E-state index is 6.11. The number of hydrogen-bond acceptors (Lipinski definition) is 3. The Hall–Kier alpha value is -1.94. The van der Waals surface area contributed by atoms with E-state index in [1.54, 1.807) is 18.9 Å². The summed E-state index contributed by atoms with van der Waals surface area (Å²) in [5, 5.41) is 0.573. The molecule has 0 amide bonds. The number of thioether (sulfide) groups is 1. The zero-order valence-electron chi connectivity index (χ0n) is 16.0. The van der Waals surface area contributed by atoms with E-state index in [1.165, 1.54) is 22.3 Å². The second-order valence-corrected chi connectivity index (χ2v) is 8.27. The molecule has 2 rings (SSSR count). The van der Waals surface area contributed by atoms with Crippen LogP contribution in [0.4, 0.5) is 5.69 Å². The van der Waals surface area contributed by atoms with Crippen LogP contribution in [0.15, 0.2) is 41.4 Å². The minimum Gasteiger partial charge on any atom is -0.497 e. The van der Waals surface area contributed by atoms with Gasteiger partial charge in [-0.05, 0) is 65.8 Å². The summed E-state index contributed by atoms with van der Waals surface area (Å²) in [6.45, 7) is 11.1. The lowest BCUT2D eigenvalue weighted by molar-refractivity contribution is 0.415. The molecule has 0 atom stereocenters. The van der Waals surface area contributed by atoms with Crippen LogP contribution in [0.25, 0.3) is 0 Å². The fourth-order valence-electron chi connectivity index (χ4n) is 2.62. The lowest BCUT2D eigenvalue weighted by Crippen LogP contribution is -2.13. The minimum atomic E-state index is 0.163. The van der Waals surface area contributed by atoms with Crippen LogP contribution in [-0.4, -0.2) is 12.3 Å². The second kappa shape index (κ2) is 7.96. The lowest BCUT2D eigenvalue weighted by atomic mass is 9.84. The van der Waals surface area contributed by atoms with Crippen LogP contribution >= 0.6 is 11.8 Å². The molecular formula is C21H28N2OS. The van der Waals surface area contributed by atoms with E-state index < -0.39 is 0 Å². The van der Waals surface area contributed by atoms with Gasteiger partial charge in [-0.3, -0.25) is 0 Å². The van der Waals surface area contributed by atoms with Gasteiger partial charge in [-0.2, -0.15) is 0 Å². The first kappa shape index (κ1) is 19.4. The maximum Gasteiger partial charge on any atom is 0.159 e. The number of nitrogens with two attached hydrogens (primary N) is 1. The number of rotatable bonds is 4. The fourth-order valence-corrected chi connectivity index (χ4v) is 3.53. The van der Waals surface area contributed by atoms with E-state index in [1.807, 2.05) is 24.3 Å². The Bertz CT molecular complexity index is 735. The Kier molecular flexibility index (Phi) is 6.17. The number of ether oxygens (including phenoxy) is 1. The standard InChI is InChI=1S/C21H28N2OS/c1-14-11-16(21(3,4)5)12-15(2)19(14)13-25-20(22)23-17-7-9-18(24-6)10-8-17/h7-12H,13H2,1-6H3,(H2,22,23). The molecular weight excluding hydrogens is 328 g/mol. The highest BCUT2D eigenvalue weighted by molar-refractivity contribution is 8.13. The maximum atomic E-state index is 6.11. The third-order valence-corrected chi connectivity index (χ3v) is 5.06. The van der Waals surface area contributed by atoms with E-state index in [9.17, 15) is 0 Å². The van der Waals surface area contributed by atoms with Crippen molar-refractivity contribution in [2.75, 3.05) is 7.11 Å². The molecule has 2 aromatic carbocycles. The molecule has 0 aliphatic carbocycles. The van der Waals surface area contributed by atoms with Gasteiger partial charge in [-0.25, -0.2) is 4.99 Å². The Balaban J connectivity index is 2.11. The summed E-state index contributed by atoms with van der Waals surface area (Å²) < 4.78 is 5.15. The first-order chi connectivity index (χ1) is 11.7. The molecule has 0 saturated heterocycles. The van der Waals surface area contributed by atoms with E-state index in [2.05, 4.69) is 51.7 Å². The van der Waals surface area contributed by atoms with E-state index in [0.29, 0.717) is 5.17 Å². The molecule has 25 heavy (non-hydrogen) atoms. The van der Waals surface area contributed by atoms with Crippen molar-refractivity contribution in [3.8, 4) is 5.75 Å². The van der Waals surface area contributed by atoms with Crippen molar-refractivity contribution >= 4 is 22.6 Å². The van der Waals surface area contributed by atoms with Crippen LogP contribution in [0.1, 0.15) is 43.0 Å². The highest BCUT2D eigenvalue weighted by atomic mass is 32.2. The molecule has 0 aliphatic heterocycles. The topological polar surface area (TPSA) is 47.6 Å². The summed E-state index contributed by atoms with van der Waals surface area (Å²) in [5.41, 5.74) is 12.4. The molecule has 0 aromatic heterocycles. The van der Waals surface area contributed by atoms with E-state index >= 15 is 0 Å². The number of aliphatic imine (C=N–C) groups is 1. The molecule has 3 nitrogen and oxygen atoms in total. The molecule has 0 unspecified atom stereocenters. The van der Waals surface area contributed by atoms with E-state index in [4.69, 9.17) is 10.5 Å². The number of nitrogens with zero attached hydrogens (tertiary/aromatic N) is 1. The summed E-state index contributed by atoms with van der Waals surface area (Å²) in [7, 11) is 1.65. The van der Waals surface area contributed by atoms with Gasteiger partial charge in [0.15, 0.2) is 5.17 Å². The average molecular weight is 357 g/mol. The van der Waals surface area contributed by atoms with Gasteiger partial charge < -0.3 is 10.5 Å². The van der Waals surface area contributed by atoms with Crippen LogP contribution in [0.2, 0.25) is 0 Å². The molecule has 2 aromatic rings. The molecule has 0 saturated carbocycles. The van der Waals surface area contributed by atoms with E-state index in [-0.39, 0.29) is 5.41 Å². The number of methoxy groups -OCH3 is 1. The van der Waals surface area contributed by atoms with Crippen molar-refractivity contribution in [1.82, 2.24) is 0 Å². The number of hydrogen-bond donors (Lipinski definition) is 1. The molecule has 0 heterocycles. The molecule has 0 fully saturated rings. The smallest absolute Gasteiger partial charge is 0.159 e. The van der Waals surface area contributed by atoms with Crippen molar-refractivity contribution in [1.29, 1.82) is 0 Å². The van der Waals surface area contributed by atoms with Gasteiger partial charge in [-0.15, -0.1) is 0 Å². The zero-order valence-corrected chi connectivity index (χ0v) is 16.8. The molecule has 4 heteroatoms. The third-order valence-electron chi connectivity index (χ3n) is 4.24. The Morgan fingerprint density at radius 3 is 2.12 bits per heavy atom. The largest absolute Gasteiger partial charge is 0.497 e. The summed E-state index contributed by atoms with van der Waals surface area (Å²) >= 11 is 1.57. The van der Waals surface area contributed by atoms with Crippen molar-refractivity contribution in [2.24, 2.45) is 10.7 Å². The normalized spacial score (nSPS) is 12.3. The number of aryl methyl sites for hydroxylation is 2. The van der Waals surface area contributed by atoms with Gasteiger partial charge in [0.2, 0.25) is 0 Å². The summed E-state index contributed by atoms with van der Waals surface area (Å²) in [5.74, 6) is 1.64. The SMILES string of the molecule is COc1ccc(N=C(N)SCc2c(C)cc(C(C)(C)C)cc2C)cc1. The molecule has 2 N–H and O–H groups in total. The fraction of sp³-hybridized carbons (Fsp3) is 0.381. The summed E-state index contributed by atoms with van der Waals surface area (Å²) in [6.07, 6.45) is 0. The molecule has 0 spiro atoms. The third kappa shape index (κ3) is 5.27. The molecule has 0 radical (unpaired) electrons. The Labute approximate surface area is 155 Å². The van der Waals surface area contributed by atoms with Crippen LogP contribution in [0.3, 0.4) is 0 Å². The second-order valence-electron chi connectivity index (χ2n) is 7.28. The number of amidine groups is 1. The average Bonchev–Trinajstić information content (AvgIpc) is 2.53. The van der Waals surface area contributed by atoms with Gasteiger partial charge in [0.05, 0.1) is 12.8 Å². The highest BCUT2D eigenvalue weighted by Crippen LogP contribution is 2.29. The first-order valence-electron chi connectivity index (χ1n) is 8.42.